The number of nitrogens with one attached hydrogen (secondary N) is 2. The van der Waals surface area contributed by atoms with Gasteiger partial charge in [-0.3, -0.25) is 10.6 Å². The second-order valence-corrected chi connectivity index (χ2v) is 5.66. The van der Waals surface area contributed by atoms with Crippen molar-refractivity contribution in [1.82, 2.24) is 5.32 Å². The van der Waals surface area contributed by atoms with E-state index in [4.69, 9.17) is 5.84 Å². The lowest BCUT2D eigenvalue weighted by atomic mass is 10.1. The summed E-state index contributed by atoms with van der Waals surface area (Å²) in [4.78, 5) is 12.2. The van der Waals surface area contributed by atoms with Gasteiger partial charge in [-0.2, -0.15) is 11.3 Å². The minimum absolute atomic E-state index is 0.0474. The zero-order valence-electron chi connectivity index (χ0n) is 11.6. The molecule has 106 valence electrons. The summed E-state index contributed by atoms with van der Waals surface area (Å²) in [6.07, 6.45) is 0.844. The molecular formula is C15H19N3OS. The maximum absolute atomic E-state index is 12.2. The Labute approximate surface area is 123 Å². The number of hydrogen-bond acceptors (Lipinski definition) is 4. The third-order valence-electron chi connectivity index (χ3n) is 3.14. The van der Waals surface area contributed by atoms with E-state index in [9.17, 15) is 4.79 Å². The van der Waals surface area contributed by atoms with E-state index in [0.717, 1.165) is 17.7 Å². The molecule has 4 N–H and O–H groups in total. The van der Waals surface area contributed by atoms with Gasteiger partial charge in [0.1, 0.15) is 0 Å². The second-order valence-electron chi connectivity index (χ2n) is 4.88. The Morgan fingerprint density at radius 2 is 2.20 bits per heavy atom. The van der Waals surface area contributed by atoms with Crippen LogP contribution < -0.4 is 16.6 Å². The number of benzene rings is 1. The molecule has 2 aromatic rings. The van der Waals surface area contributed by atoms with Crippen LogP contribution in [0, 0.1) is 6.92 Å². The first kappa shape index (κ1) is 14.6. The molecular weight excluding hydrogens is 270 g/mol. The number of hydrogen-bond donors (Lipinski definition) is 3. The number of thiophene rings is 1. The molecule has 20 heavy (non-hydrogen) atoms. The van der Waals surface area contributed by atoms with Crippen molar-refractivity contribution in [2.45, 2.75) is 26.3 Å². The molecule has 1 aromatic heterocycles. The molecule has 0 fully saturated rings. The quantitative estimate of drug-likeness (QED) is 0.585. The first-order chi connectivity index (χ1) is 9.60. The van der Waals surface area contributed by atoms with E-state index < -0.39 is 0 Å². The minimum Gasteiger partial charge on any atom is -0.349 e. The molecule has 0 radical (unpaired) electrons. The van der Waals surface area contributed by atoms with Crippen molar-refractivity contribution in [3.8, 4) is 0 Å². The van der Waals surface area contributed by atoms with Crippen molar-refractivity contribution in [3.63, 3.8) is 0 Å². The Hall–Kier alpha value is -1.85. The van der Waals surface area contributed by atoms with Gasteiger partial charge >= 0.3 is 0 Å². The monoisotopic (exact) mass is 289 g/mol. The standard InChI is InChI=1S/C15H19N3OS/c1-10-7-13(18-16)3-4-14(10)15(19)17-11(2)8-12-5-6-20-9-12/h3-7,9,11,18H,8,16H2,1-2H3,(H,17,19). The van der Waals surface area contributed by atoms with Gasteiger partial charge in [-0.15, -0.1) is 0 Å². The summed E-state index contributed by atoms with van der Waals surface area (Å²) in [6, 6.07) is 7.63. The first-order valence-corrected chi connectivity index (χ1v) is 7.43. The number of hydrazine groups is 1. The van der Waals surface area contributed by atoms with E-state index >= 15 is 0 Å². The van der Waals surface area contributed by atoms with Crippen molar-refractivity contribution in [2.24, 2.45) is 5.84 Å². The Morgan fingerprint density at radius 3 is 2.80 bits per heavy atom. The van der Waals surface area contributed by atoms with Crippen LogP contribution in [0.3, 0.4) is 0 Å². The molecule has 1 heterocycles. The fourth-order valence-corrected chi connectivity index (χ4v) is 2.80. The average molecular weight is 289 g/mol. The van der Waals surface area contributed by atoms with Crippen LogP contribution in [0.25, 0.3) is 0 Å². The summed E-state index contributed by atoms with van der Waals surface area (Å²) in [5.74, 6) is 5.30. The summed E-state index contributed by atoms with van der Waals surface area (Å²) < 4.78 is 0. The van der Waals surface area contributed by atoms with Crippen molar-refractivity contribution in [1.29, 1.82) is 0 Å². The number of amides is 1. The smallest absolute Gasteiger partial charge is 0.251 e. The van der Waals surface area contributed by atoms with Crippen molar-refractivity contribution >= 4 is 22.9 Å². The number of carbonyl (C=O) groups excluding carboxylic acids is 1. The molecule has 1 aromatic carbocycles. The van der Waals surface area contributed by atoms with Gasteiger partial charge in [0.05, 0.1) is 0 Å². The molecule has 0 saturated carbocycles. The molecule has 5 heteroatoms. The fraction of sp³-hybridized carbons (Fsp3) is 0.267. The SMILES string of the molecule is Cc1cc(NN)ccc1C(=O)NC(C)Cc1ccsc1. The lowest BCUT2D eigenvalue weighted by molar-refractivity contribution is 0.0939. The predicted octanol–water partition coefficient (Wildman–Crippen LogP) is 2.70. The van der Waals surface area contributed by atoms with Crippen LogP contribution >= 0.6 is 11.3 Å². The Morgan fingerprint density at radius 1 is 1.40 bits per heavy atom. The summed E-state index contributed by atoms with van der Waals surface area (Å²) in [5.41, 5.74) is 6.21. The zero-order valence-corrected chi connectivity index (χ0v) is 12.5. The van der Waals surface area contributed by atoms with E-state index in [-0.39, 0.29) is 11.9 Å². The number of aryl methyl sites for hydroxylation is 1. The van der Waals surface area contributed by atoms with Gasteiger partial charge in [-0.05, 0) is 66.4 Å². The Bertz CT molecular complexity index is 581. The van der Waals surface area contributed by atoms with Crippen LogP contribution in [0.2, 0.25) is 0 Å². The van der Waals surface area contributed by atoms with Crippen molar-refractivity contribution in [2.75, 3.05) is 5.43 Å². The summed E-state index contributed by atoms with van der Waals surface area (Å²) in [7, 11) is 0. The highest BCUT2D eigenvalue weighted by Crippen LogP contribution is 2.15. The molecule has 1 atom stereocenters. The molecule has 0 spiro atoms. The molecule has 0 aliphatic rings. The van der Waals surface area contributed by atoms with Gasteiger partial charge in [-0.1, -0.05) is 0 Å². The average Bonchev–Trinajstić information content (AvgIpc) is 2.90. The maximum Gasteiger partial charge on any atom is 0.251 e. The molecule has 1 unspecified atom stereocenters. The highest BCUT2D eigenvalue weighted by molar-refractivity contribution is 7.07. The zero-order chi connectivity index (χ0) is 14.5. The van der Waals surface area contributed by atoms with E-state index in [2.05, 4.69) is 22.2 Å². The van der Waals surface area contributed by atoms with Crippen LogP contribution in [-0.2, 0) is 6.42 Å². The number of rotatable bonds is 5. The van der Waals surface area contributed by atoms with Gasteiger partial charge in [0, 0.05) is 17.3 Å². The lowest BCUT2D eigenvalue weighted by Gasteiger charge is -2.15. The summed E-state index contributed by atoms with van der Waals surface area (Å²) >= 11 is 1.67. The summed E-state index contributed by atoms with van der Waals surface area (Å²) in [6.45, 7) is 3.92. The molecule has 4 nitrogen and oxygen atoms in total. The van der Waals surface area contributed by atoms with E-state index in [1.807, 2.05) is 25.3 Å². The number of nitrogens with two attached hydrogens (primary N) is 1. The topological polar surface area (TPSA) is 67.1 Å². The largest absolute Gasteiger partial charge is 0.349 e. The Balaban J connectivity index is 2.00. The molecule has 2 rings (SSSR count). The van der Waals surface area contributed by atoms with E-state index in [0.29, 0.717) is 5.56 Å². The molecule has 1 amide bonds. The third kappa shape index (κ3) is 3.59. The first-order valence-electron chi connectivity index (χ1n) is 6.49. The van der Waals surface area contributed by atoms with Crippen LogP contribution in [0.15, 0.2) is 35.0 Å². The van der Waals surface area contributed by atoms with Crippen LogP contribution in [0.1, 0.15) is 28.4 Å². The highest BCUT2D eigenvalue weighted by atomic mass is 32.1. The second kappa shape index (κ2) is 6.54. The van der Waals surface area contributed by atoms with Crippen LogP contribution in [0.4, 0.5) is 5.69 Å². The van der Waals surface area contributed by atoms with E-state index in [1.54, 1.807) is 23.5 Å². The Kier molecular flexibility index (Phi) is 4.76. The lowest BCUT2D eigenvalue weighted by Crippen LogP contribution is -2.34. The van der Waals surface area contributed by atoms with Gasteiger partial charge in [0.15, 0.2) is 0 Å². The highest BCUT2D eigenvalue weighted by Gasteiger charge is 2.12. The van der Waals surface area contributed by atoms with E-state index in [1.165, 1.54) is 5.56 Å². The maximum atomic E-state index is 12.2. The van der Waals surface area contributed by atoms with Crippen LogP contribution in [0.5, 0.6) is 0 Å². The number of carbonyl (C=O) groups is 1. The van der Waals surface area contributed by atoms with Gasteiger partial charge in [0.2, 0.25) is 0 Å². The van der Waals surface area contributed by atoms with Crippen molar-refractivity contribution < 1.29 is 4.79 Å². The fourth-order valence-electron chi connectivity index (χ4n) is 2.12. The molecule has 0 saturated heterocycles. The van der Waals surface area contributed by atoms with Crippen molar-refractivity contribution in [3.05, 3.63) is 51.7 Å². The molecule has 0 aliphatic heterocycles. The number of nitrogen functional groups attached to an aromatic ring is 1. The van der Waals surface area contributed by atoms with Crippen LogP contribution in [-0.4, -0.2) is 11.9 Å². The molecule has 0 aliphatic carbocycles. The normalized spacial score (nSPS) is 11.9. The third-order valence-corrected chi connectivity index (χ3v) is 3.87. The minimum atomic E-state index is -0.0474. The predicted molar refractivity (Wildman–Crippen MR) is 83.9 cm³/mol. The summed E-state index contributed by atoms with van der Waals surface area (Å²) in [5, 5.41) is 7.18. The number of anilines is 1. The molecule has 0 bridgehead atoms. The van der Waals surface area contributed by atoms with Gasteiger partial charge in [-0.25, -0.2) is 0 Å². The van der Waals surface area contributed by atoms with Gasteiger partial charge < -0.3 is 10.7 Å². The van der Waals surface area contributed by atoms with Gasteiger partial charge in [0.25, 0.3) is 5.91 Å².